The predicted octanol–water partition coefficient (Wildman–Crippen LogP) is 4.35. The Morgan fingerprint density at radius 1 is 1.25 bits per heavy atom. The summed E-state index contributed by atoms with van der Waals surface area (Å²) < 4.78 is 33.5. The normalized spacial score (nSPS) is 15.8. The number of para-hydroxylation sites is 1. The van der Waals surface area contributed by atoms with E-state index < -0.39 is 11.7 Å². The van der Waals surface area contributed by atoms with E-state index in [-0.39, 0.29) is 17.9 Å². The van der Waals surface area contributed by atoms with Gasteiger partial charge in [0.25, 0.3) is 5.91 Å². The Bertz CT molecular complexity index is 824. The summed E-state index contributed by atoms with van der Waals surface area (Å²) in [6.07, 6.45) is 3.60. The first-order chi connectivity index (χ1) is 13.5. The molecule has 2 atom stereocenters. The number of hydrogen-bond acceptors (Lipinski definition) is 3. The standard InChI is InChI=1S/C22H26F2N2O2/c1-14(5-4-12-28-20-7-3-2-6-17(20)22(25)27)26-21(15-8-9-15)18-13-16(23)10-11-19(18)24/h2-3,6-7,10-11,13-15,21,26H,4-5,8-9,12H2,1H3,(H2,25,27)/t14-,21-/m0/s1. The molecule has 2 aromatic rings. The van der Waals surface area contributed by atoms with Crippen LogP contribution in [0.15, 0.2) is 42.5 Å². The van der Waals surface area contributed by atoms with Crippen molar-refractivity contribution < 1.29 is 18.3 Å². The predicted molar refractivity (Wildman–Crippen MR) is 104 cm³/mol. The molecule has 3 rings (SSSR count). The van der Waals surface area contributed by atoms with E-state index >= 15 is 0 Å². The number of amides is 1. The number of carbonyl (C=O) groups excluding carboxylic acids is 1. The summed E-state index contributed by atoms with van der Waals surface area (Å²) in [5.74, 6) is -0.483. The van der Waals surface area contributed by atoms with Crippen molar-refractivity contribution in [3.05, 3.63) is 65.2 Å². The minimum absolute atomic E-state index is 0.114. The quantitative estimate of drug-likeness (QED) is 0.595. The van der Waals surface area contributed by atoms with E-state index in [1.807, 2.05) is 6.92 Å². The molecule has 3 N–H and O–H groups in total. The van der Waals surface area contributed by atoms with Crippen LogP contribution in [0, 0.1) is 17.6 Å². The third-order valence-electron chi connectivity index (χ3n) is 5.04. The number of nitrogens with one attached hydrogen (secondary N) is 1. The minimum Gasteiger partial charge on any atom is -0.493 e. The van der Waals surface area contributed by atoms with Gasteiger partial charge in [0.05, 0.1) is 12.2 Å². The van der Waals surface area contributed by atoms with Crippen molar-refractivity contribution in [2.24, 2.45) is 11.7 Å². The van der Waals surface area contributed by atoms with Crippen molar-refractivity contribution in [3.8, 4) is 5.75 Å². The van der Waals surface area contributed by atoms with Crippen LogP contribution in [-0.4, -0.2) is 18.6 Å². The van der Waals surface area contributed by atoms with Gasteiger partial charge in [0.2, 0.25) is 0 Å². The van der Waals surface area contributed by atoms with Crippen LogP contribution in [0.5, 0.6) is 5.75 Å². The number of primary amides is 1. The van der Waals surface area contributed by atoms with Gasteiger partial charge in [-0.15, -0.1) is 0 Å². The third kappa shape index (κ3) is 5.29. The lowest BCUT2D eigenvalue weighted by Gasteiger charge is -2.24. The molecule has 0 unspecified atom stereocenters. The van der Waals surface area contributed by atoms with Gasteiger partial charge in [-0.25, -0.2) is 8.78 Å². The van der Waals surface area contributed by atoms with E-state index in [2.05, 4.69) is 5.32 Å². The average Bonchev–Trinajstić information content (AvgIpc) is 3.51. The van der Waals surface area contributed by atoms with Gasteiger partial charge in [-0.05, 0) is 68.9 Å². The van der Waals surface area contributed by atoms with E-state index in [9.17, 15) is 13.6 Å². The molecule has 1 amide bonds. The Labute approximate surface area is 164 Å². The summed E-state index contributed by atoms with van der Waals surface area (Å²) in [7, 11) is 0. The van der Waals surface area contributed by atoms with Gasteiger partial charge in [0.15, 0.2) is 0 Å². The molecule has 0 heterocycles. The van der Waals surface area contributed by atoms with E-state index in [0.29, 0.717) is 29.4 Å². The molecule has 1 saturated carbocycles. The molecule has 28 heavy (non-hydrogen) atoms. The number of rotatable bonds is 10. The summed E-state index contributed by atoms with van der Waals surface area (Å²) in [5.41, 5.74) is 6.12. The fraction of sp³-hybridized carbons (Fsp3) is 0.409. The molecule has 0 spiro atoms. The van der Waals surface area contributed by atoms with Gasteiger partial charge < -0.3 is 15.8 Å². The molecular weight excluding hydrogens is 362 g/mol. The van der Waals surface area contributed by atoms with E-state index in [1.54, 1.807) is 24.3 Å². The van der Waals surface area contributed by atoms with Crippen LogP contribution >= 0.6 is 0 Å². The van der Waals surface area contributed by atoms with Crippen LogP contribution in [0.1, 0.15) is 54.6 Å². The molecule has 0 aromatic heterocycles. The maximum atomic E-state index is 14.2. The Hall–Kier alpha value is -2.47. The number of nitrogens with two attached hydrogens (primary N) is 1. The molecule has 2 aromatic carbocycles. The highest BCUT2D eigenvalue weighted by atomic mass is 19.1. The highest BCUT2D eigenvalue weighted by Gasteiger charge is 2.34. The summed E-state index contributed by atoms with van der Waals surface area (Å²) in [4.78, 5) is 11.4. The SMILES string of the molecule is C[C@@H](CCCOc1ccccc1C(N)=O)N[C@H](c1cc(F)ccc1F)C1CC1. The second kappa shape index (κ2) is 9.15. The van der Waals surface area contributed by atoms with E-state index in [1.165, 1.54) is 12.1 Å². The van der Waals surface area contributed by atoms with Crippen molar-refractivity contribution in [1.82, 2.24) is 5.32 Å². The molecule has 4 nitrogen and oxygen atoms in total. The first-order valence-electron chi connectivity index (χ1n) is 9.68. The van der Waals surface area contributed by atoms with Crippen molar-refractivity contribution in [3.63, 3.8) is 0 Å². The Morgan fingerprint density at radius 3 is 2.71 bits per heavy atom. The first-order valence-corrected chi connectivity index (χ1v) is 9.68. The molecule has 0 saturated heterocycles. The number of hydrogen-bond donors (Lipinski definition) is 2. The Balaban J connectivity index is 1.51. The van der Waals surface area contributed by atoms with Gasteiger partial charge >= 0.3 is 0 Å². The number of benzene rings is 2. The Morgan fingerprint density at radius 2 is 2.00 bits per heavy atom. The van der Waals surface area contributed by atoms with Crippen LogP contribution in [0.2, 0.25) is 0 Å². The molecule has 1 aliphatic rings. The van der Waals surface area contributed by atoms with Crippen molar-refractivity contribution in [2.45, 2.75) is 44.7 Å². The van der Waals surface area contributed by atoms with Crippen LogP contribution < -0.4 is 15.8 Å². The zero-order chi connectivity index (χ0) is 20.1. The van der Waals surface area contributed by atoms with Crippen molar-refractivity contribution in [2.75, 3.05) is 6.61 Å². The summed E-state index contributed by atoms with van der Waals surface area (Å²) in [6, 6.07) is 10.5. The summed E-state index contributed by atoms with van der Waals surface area (Å²) in [6.45, 7) is 2.47. The Kier molecular flexibility index (Phi) is 6.62. The van der Waals surface area contributed by atoms with Crippen LogP contribution in [-0.2, 0) is 0 Å². The van der Waals surface area contributed by atoms with Crippen molar-refractivity contribution in [1.29, 1.82) is 0 Å². The van der Waals surface area contributed by atoms with Gasteiger partial charge in [0, 0.05) is 17.6 Å². The van der Waals surface area contributed by atoms with E-state index in [0.717, 1.165) is 31.7 Å². The second-order valence-corrected chi connectivity index (χ2v) is 7.40. The third-order valence-corrected chi connectivity index (χ3v) is 5.04. The summed E-state index contributed by atoms with van der Waals surface area (Å²) in [5, 5.41) is 3.46. The maximum absolute atomic E-state index is 14.2. The molecule has 1 fully saturated rings. The number of halogens is 2. The minimum atomic E-state index is -0.518. The lowest BCUT2D eigenvalue weighted by atomic mass is 9.99. The largest absolute Gasteiger partial charge is 0.493 e. The molecule has 6 heteroatoms. The first kappa shape index (κ1) is 20.3. The van der Waals surface area contributed by atoms with Gasteiger partial charge in [-0.2, -0.15) is 0 Å². The highest BCUT2D eigenvalue weighted by Crippen LogP contribution is 2.42. The molecule has 0 radical (unpaired) electrons. The van der Waals surface area contributed by atoms with Crippen LogP contribution in [0.25, 0.3) is 0 Å². The highest BCUT2D eigenvalue weighted by molar-refractivity contribution is 5.95. The molecular formula is C22H26F2N2O2. The fourth-order valence-electron chi connectivity index (χ4n) is 3.42. The number of ether oxygens (including phenoxy) is 1. The smallest absolute Gasteiger partial charge is 0.252 e. The maximum Gasteiger partial charge on any atom is 0.252 e. The van der Waals surface area contributed by atoms with E-state index in [4.69, 9.17) is 10.5 Å². The van der Waals surface area contributed by atoms with Crippen molar-refractivity contribution >= 4 is 5.91 Å². The van der Waals surface area contributed by atoms with Crippen LogP contribution in [0.3, 0.4) is 0 Å². The molecule has 0 bridgehead atoms. The summed E-state index contributed by atoms with van der Waals surface area (Å²) >= 11 is 0. The number of carbonyl (C=O) groups is 1. The lowest BCUT2D eigenvalue weighted by Crippen LogP contribution is -2.32. The lowest BCUT2D eigenvalue weighted by molar-refractivity contribution is 0.0996. The molecule has 1 aliphatic carbocycles. The molecule has 0 aliphatic heterocycles. The zero-order valence-corrected chi connectivity index (χ0v) is 16.0. The van der Waals surface area contributed by atoms with Gasteiger partial charge in [-0.1, -0.05) is 12.1 Å². The fourth-order valence-corrected chi connectivity index (χ4v) is 3.42. The van der Waals surface area contributed by atoms with Gasteiger partial charge in [0.1, 0.15) is 17.4 Å². The van der Waals surface area contributed by atoms with Crippen LogP contribution in [0.4, 0.5) is 8.78 Å². The molecule has 150 valence electrons. The second-order valence-electron chi connectivity index (χ2n) is 7.40. The van der Waals surface area contributed by atoms with Gasteiger partial charge in [-0.3, -0.25) is 4.79 Å². The topological polar surface area (TPSA) is 64.3 Å². The average molecular weight is 388 g/mol. The zero-order valence-electron chi connectivity index (χ0n) is 16.0. The monoisotopic (exact) mass is 388 g/mol.